The normalized spacial score (nSPS) is 28.2. The lowest BCUT2D eigenvalue weighted by molar-refractivity contribution is -0.136. The van der Waals surface area contributed by atoms with Gasteiger partial charge in [0.15, 0.2) is 0 Å². The standard InChI is InChI=1S/C16H29NO2/c1-6-16(11-18)7-9-17(10-8-16)13(19)12-14(2,3)15(12,4)5/h12,18H,6-11H2,1-5H3. The van der Waals surface area contributed by atoms with Crippen LogP contribution in [0.5, 0.6) is 0 Å². The van der Waals surface area contributed by atoms with Gasteiger partial charge in [0.2, 0.25) is 5.91 Å². The van der Waals surface area contributed by atoms with Crippen LogP contribution in [-0.2, 0) is 4.79 Å². The molecule has 1 aliphatic heterocycles. The molecule has 0 atom stereocenters. The Hall–Kier alpha value is -0.570. The maximum atomic E-state index is 12.6. The van der Waals surface area contributed by atoms with Gasteiger partial charge in [0.1, 0.15) is 0 Å². The summed E-state index contributed by atoms with van der Waals surface area (Å²) in [4.78, 5) is 14.7. The minimum atomic E-state index is 0.0609. The molecule has 1 saturated carbocycles. The quantitative estimate of drug-likeness (QED) is 0.854. The van der Waals surface area contributed by atoms with Crippen LogP contribution < -0.4 is 0 Å². The topological polar surface area (TPSA) is 40.5 Å². The number of rotatable bonds is 3. The zero-order valence-electron chi connectivity index (χ0n) is 13.1. The first kappa shape index (κ1) is 14.8. The average Bonchev–Trinajstić information content (AvgIpc) is 2.79. The van der Waals surface area contributed by atoms with Crippen molar-refractivity contribution in [2.45, 2.75) is 53.9 Å². The van der Waals surface area contributed by atoms with Crippen molar-refractivity contribution in [3.63, 3.8) is 0 Å². The summed E-state index contributed by atoms with van der Waals surface area (Å²) in [6.45, 7) is 12.8. The maximum Gasteiger partial charge on any atom is 0.226 e. The first-order valence-electron chi connectivity index (χ1n) is 7.61. The van der Waals surface area contributed by atoms with E-state index in [1.54, 1.807) is 0 Å². The van der Waals surface area contributed by atoms with Crippen molar-refractivity contribution >= 4 is 5.91 Å². The Kier molecular flexibility index (Phi) is 3.49. The second-order valence-corrected chi connectivity index (χ2v) is 7.71. The van der Waals surface area contributed by atoms with Crippen LogP contribution in [-0.4, -0.2) is 35.6 Å². The van der Waals surface area contributed by atoms with E-state index in [0.717, 1.165) is 32.4 Å². The van der Waals surface area contributed by atoms with E-state index in [1.165, 1.54) is 0 Å². The van der Waals surface area contributed by atoms with E-state index in [-0.39, 0.29) is 28.8 Å². The lowest BCUT2D eigenvalue weighted by Gasteiger charge is -2.40. The summed E-state index contributed by atoms with van der Waals surface area (Å²) in [5, 5.41) is 9.55. The van der Waals surface area contributed by atoms with Crippen molar-refractivity contribution in [1.29, 1.82) is 0 Å². The SMILES string of the molecule is CCC1(CO)CCN(C(=O)C2C(C)(C)C2(C)C)CC1. The molecule has 0 aromatic heterocycles. The molecule has 2 aliphatic rings. The van der Waals surface area contributed by atoms with Gasteiger partial charge in [-0.1, -0.05) is 34.6 Å². The van der Waals surface area contributed by atoms with Gasteiger partial charge in [-0.25, -0.2) is 0 Å². The lowest BCUT2D eigenvalue weighted by Crippen LogP contribution is -2.45. The second kappa shape index (κ2) is 4.47. The summed E-state index contributed by atoms with van der Waals surface area (Å²) in [6, 6.07) is 0. The van der Waals surface area contributed by atoms with Gasteiger partial charge < -0.3 is 10.0 Å². The van der Waals surface area contributed by atoms with Crippen molar-refractivity contribution in [1.82, 2.24) is 4.90 Å². The van der Waals surface area contributed by atoms with E-state index in [1.807, 2.05) is 4.90 Å². The fourth-order valence-corrected chi connectivity index (χ4v) is 3.82. The third-order valence-corrected chi connectivity index (χ3v) is 6.49. The van der Waals surface area contributed by atoms with Crippen LogP contribution in [0.2, 0.25) is 0 Å². The molecule has 0 unspecified atom stereocenters. The zero-order chi connectivity index (χ0) is 14.5. The molecule has 0 spiro atoms. The highest BCUT2D eigenvalue weighted by molar-refractivity contribution is 5.84. The van der Waals surface area contributed by atoms with Gasteiger partial charge in [0.05, 0.1) is 0 Å². The number of piperidine rings is 1. The van der Waals surface area contributed by atoms with Crippen LogP contribution in [0.4, 0.5) is 0 Å². The van der Waals surface area contributed by atoms with Crippen LogP contribution >= 0.6 is 0 Å². The van der Waals surface area contributed by atoms with Crippen LogP contribution in [0.3, 0.4) is 0 Å². The summed E-state index contributed by atoms with van der Waals surface area (Å²) in [5.41, 5.74) is 0.312. The van der Waals surface area contributed by atoms with Crippen LogP contribution in [0.15, 0.2) is 0 Å². The molecule has 0 bridgehead atoms. The number of amides is 1. The highest BCUT2D eigenvalue weighted by Gasteiger charge is 2.68. The molecule has 1 aliphatic carbocycles. The number of nitrogens with zero attached hydrogens (tertiary/aromatic N) is 1. The van der Waals surface area contributed by atoms with E-state index in [9.17, 15) is 9.90 Å². The predicted molar refractivity (Wildman–Crippen MR) is 76.7 cm³/mol. The molecular weight excluding hydrogens is 238 g/mol. The van der Waals surface area contributed by atoms with Crippen molar-refractivity contribution < 1.29 is 9.90 Å². The van der Waals surface area contributed by atoms with E-state index < -0.39 is 0 Å². The lowest BCUT2D eigenvalue weighted by atomic mass is 9.77. The molecule has 2 rings (SSSR count). The Balaban J connectivity index is 1.98. The number of likely N-dealkylation sites (tertiary alicyclic amines) is 1. The fraction of sp³-hybridized carbons (Fsp3) is 0.938. The smallest absolute Gasteiger partial charge is 0.226 e. The van der Waals surface area contributed by atoms with E-state index in [4.69, 9.17) is 0 Å². The van der Waals surface area contributed by atoms with Crippen LogP contribution in [0.25, 0.3) is 0 Å². The van der Waals surface area contributed by atoms with Crippen molar-refractivity contribution in [2.24, 2.45) is 22.2 Å². The number of aliphatic hydroxyl groups is 1. The molecule has 1 saturated heterocycles. The van der Waals surface area contributed by atoms with Gasteiger partial charge >= 0.3 is 0 Å². The number of carbonyl (C=O) groups is 1. The molecule has 0 aromatic rings. The molecule has 19 heavy (non-hydrogen) atoms. The largest absolute Gasteiger partial charge is 0.396 e. The minimum Gasteiger partial charge on any atom is -0.396 e. The highest BCUT2D eigenvalue weighted by Crippen LogP contribution is 2.68. The highest BCUT2D eigenvalue weighted by atomic mass is 16.3. The van der Waals surface area contributed by atoms with Crippen molar-refractivity contribution in [3.8, 4) is 0 Å². The maximum absolute atomic E-state index is 12.6. The first-order chi connectivity index (χ1) is 8.72. The molecular formula is C16H29NO2. The third kappa shape index (κ3) is 2.10. The summed E-state index contributed by atoms with van der Waals surface area (Å²) in [7, 11) is 0. The van der Waals surface area contributed by atoms with E-state index in [2.05, 4.69) is 34.6 Å². The van der Waals surface area contributed by atoms with Crippen molar-refractivity contribution in [2.75, 3.05) is 19.7 Å². The number of carbonyl (C=O) groups excluding carboxylic acids is 1. The Morgan fingerprint density at radius 2 is 1.63 bits per heavy atom. The van der Waals surface area contributed by atoms with Gasteiger partial charge in [0.25, 0.3) is 0 Å². The molecule has 3 heteroatoms. The van der Waals surface area contributed by atoms with Gasteiger partial charge in [-0.2, -0.15) is 0 Å². The molecule has 110 valence electrons. The molecule has 1 amide bonds. The molecule has 0 aromatic carbocycles. The molecule has 1 heterocycles. The van der Waals surface area contributed by atoms with Gasteiger partial charge in [-0.15, -0.1) is 0 Å². The molecule has 0 radical (unpaired) electrons. The third-order valence-electron chi connectivity index (χ3n) is 6.49. The Morgan fingerprint density at radius 1 is 1.16 bits per heavy atom. The van der Waals surface area contributed by atoms with Crippen molar-refractivity contribution in [3.05, 3.63) is 0 Å². The number of hydrogen-bond acceptors (Lipinski definition) is 2. The Bertz CT molecular complexity index is 345. The molecule has 3 nitrogen and oxygen atoms in total. The summed E-state index contributed by atoms with van der Waals surface area (Å²) >= 11 is 0. The number of aliphatic hydroxyl groups excluding tert-OH is 1. The number of hydrogen-bond donors (Lipinski definition) is 1. The first-order valence-corrected chi connectivity index (χ1v) is 7.61. The van der Waals surface area contributed by atoms with Gasteiger partial charge in [-0.3, -0.25) is 4.79 Å². The fourth-order valence-electron chi connectivity index (χ4n) is 3.82. The predicted octanol–water partition coefficient (Wildman–Crippen LogP) is 2.68. The van der Waals surface area contributed by atoms with E-state index >= 15 is 0 Å². The van der Waals surface area contributed by atoms with Crippen LogP contribution in [0.1, 0.15) is 53.9 Å². The van der Waals surface area contributed by atoms with E-state index in [0.29, 0.717) is 5.91 Å². The van der Waals surface area contributed by atoms with Gasteiger partial charge in [-0.05, 0) is 35.5 Å². The summed E-state index contributed by atoms with van der Waals surface area (Å²) < 4.78 is 0. The molecule has 2 fully saturated rings. The Labute approximate surface area is 117 Å². The minimum absolute atomic E-state index is 0.0609. The van der Waals surface area contributed by atoms with Crippen LogP contribution in [0, 0.1) is 22.2 Å². The monoisotopic (exact) mass is 267 g/mol. The molecule has 1 N–H and O–H groups in total. The second-order valence-electron chi connectivity index (χ2n) is 7.71. The average molecular weight is 267 g/mol. The summed E-state index contributed by atoms with van der Waals surface area (Å²) in [5.74, 6) is 0.501. The zero-order valence-corrected chi connectivity index (χ0v) is 13.1. The Morgan fingerprint density at radius 3 is 1.95 bits per heavy atom. The summed E-state index contributed by atoms with van der Waals surface area (Å²) in [6.07, 6.45) is 2.89. The van der Waals surface area contributed by atoms with Gasteiger partial charge in [0, 0.05) is 25.6 Å².